The Balaban J connectivity index is 0.00000267. The molecular formula is C23H37N5O7. The summed E-state index contributed by atoms with van der Waals surface area (Å²) < 4.78 is 0. The molecule has 0 radical (unpaired) electrons. The van der Waals surface area contributed by atoms with Crippen LogP contribution in [0, 0.1) is 11.8 Å². The van der Waals surface area contributed by atoms with Crippen molar-refractivity contribution in [2.45, 2.75) is 59.2 Å². The number of nitrogens with two attached hydrogens (primary N) is 1. The van der Waals surface area contributed by atoms with E-state index in [0.29, 0.717) is 12.4 Å². The summed E-state index contributed by atoms with van der Waals surface area (Å²) in [5.41, 5.74) is 8.65. The number of aliphatic imine (C=N–C) groups is 1. The summed E-state index contributed by atoms with van der Waals surface area (Å²) >= 11 is 0. The second-order valence-electron chi connectivity index (χ2n) is 8.33. The fourth-order valence-corrected chi connectivity index (χ4v) is 3.03. The summed E-state index contributed by atoms with van der Waals surface area (Å²) in [5.74, 6) is -3.63. The fraction of sp³-hybridized carbons (Fsp3) is 0.522. The molecule has 0 aromatic heterocycles. The molecule has 1 aromatic carbocycles. The molecule has 0 unspecified atom stereocenters. The predicted octanol–water partition coefficient (Wildman–Crippen LogP) is -0.0435. The third-order valence-corrected chi connectivity index (χ3v) is 4.68. The highest BCUT2D eigenvalue weighted by atomic mass is 16.5. The first-order valence-corrected chi connectivity index (χ1v) is 11.0. The van der Waals surface area contributed by atoms with Gasteiger partial charge >= 0.3 is 0 Å². The van der Waals surface area contributed by atoms with E-state index in [4.69, 9.17) is 20.8 Å². The van der Waals surface area contributed by atoms with Gasteiger partial charge < -0.3 is 26.6 Å². The number of likely N-dealkylation sites (N-methyl/N-ethyl adjacent to an activating group) is 1. The van der Waals surface area contributed by atoms with Crippen LogP contribution < -0.4 is 21.8 Å². The number of nitrogens with zero attached hydrogens (tertiary/aromatic N) is 1. The Morgan fingerprint density at radius 3 is 1.94 bits per heavy atom. The Kier molecular flexibility index (Phi) is 14.6. The first-order valence-electron chi connectivity index (χ1n) is 11.0. The molecule has 12 nitrogen and oxygen atoms in total. The first kappa shape index (κ1) is 31.5. The molecule has 1 aromatic rings. The van der Waals surface area contributed by atoms with Crippen LogP contribution in [-0.2, 0) is 32.1 Å². The molecule has 0 heterocycles. The molecule has 3 atom stereocenters. The second kappa shape index (κ2) is 16.2. The minimum Gasteiger partial charge on any atom is -0.481 e. The number of rotatable bonds is 11. The van der Waals surface area contributed by atoms with E-state index in [9.17, 15) is 19.5 Å². The largest absolute Gasteiger partial charge is 0.481 e. The predicted molar refractivity (Wildman–Crippen MR) is 129 cm³/mol. The topological polar surface area (TPSA) is 203 Å². The zero-order valence-corrected chi connectivity index (χ0v) is 20.7. The third-order valence-electron chi connectivity index (χ3n) is 4.68. The van der Waals surface area contributed by atoms with E-state index in [1.807, 2.05) is 38.1 Å². The average Bonchev–Trinajstić information content (AvgIpc) is 2.79. The molecule has 0 saturated carbocycles. The minimum absolute atomic E-state index is 0.0114. The van der Waals surface area contributed by atoms with Crippen LogP contribution in [0.25, 0.3) is 0 Å². The van der Waals surface area contributed by atoms with E-state index in [-0.39, 0.29) is 18.8 Å². The molecule has 196 valence electrons. The van der Waals surface area contributed by atoms with E-state index in [0.717, 1.165) is 18.1 Å². The quantitative estimate of drug-likeness (QED) is 0.0957. The highest BCUT2D eigenvalue weighted by molar-refractivity contribution is 5.92. The first-order chi connectivity index (χ1) is 16.3. The Morgan fingerprint density at radius 2 is 1.51 bits per heavy atom. The molecule has 12 heteroatoms. The lowest BCUT2D eigenvalue weighted by Crippen LogP contribution is -2.52. The Labute approximate surface area is 205 Å². The van der Waals surface area contributed by atoms with Crippen molar-refractivity contribution in [2.24, 2.45) is 22.6 Å². The van der Waals surface area contributed by atoms with Gasteiger partial charge in [0, 0.05) is 20.4 Å². The minimum atomic E-state index is -1.75. The number of aliphatic carboxylic acids is 1. The monoisotopic (exact) mass is 495 g/mol. The highest BCUT2D eigenvalue weighted by Gasteiger charge is 2.34. The number of aliphatic hydroxyl groups excluding tert-OH is 1. The van der Waals surface area contributed by atoms with Crippen molar-refractivity contribution >= 4 is 29.5 Å². The zero-order chi connectivity index (χ0) is 27.1. The summed E-state index contributed by atoms with van der Waals surface area (Å²) in [7, 11) is 1.46. The molecule has 0 aliphatic carbocycles. The molecule has 1 rings (SSSR count). The van der Waals surface area contributed by atoms with Gasteiger partial charge in [-0.15, -0.1) is 0 Å². The molecule has 0 aliphatic rings. The molecule has 3 amide bonds. The third kappa shape index (κ3) is 13.1. The van der Waals surface area contributed by atoms with Crippen LogP contribution in [0.3, 0.4) is 0 Å². The van der Waals surface area contributed by atoms with Crippen molar-refractivity contribution in [3.63, 3.8) is 0 Å². The van der Waals surface area contributed by atoms with Crippen molar-refractivity contribution in [3.05, 3.63) is 35.4 Å². The number of carboxylic acids is 1. The van der Waals surface area contributed by atoms with Crippen LogP contribution in [0.2, 0.25) is 0 Å². The Bertz CT molecular complexity index is 864. The van der Waals surface area contributed by atoms with Gasteiger partial charge in [-0.1, -0.05) is 38.1 Å². The van der Waals surface area contributed by atoms with Crippen molar-refractivity contribution in [3.8, 4) is 0 Å². The van der Waals surface area contributed by atoms with Crippen LogP contribution in [0.4, 0.5) is 0 Å². The lowest BCUT2D eigenvalue weighted by molar-refractivity contribution is -0.147. The van der Waals surface area contributed by atoms with Gasteiger partial charge in [-0.2, -0.15) is 0 Å². The molecule has 0 bridgehead atoms. The van der Waals surface area contributed by atoms with Gasteiger partial charge in [-0.05, 0) is 30.4 Å². The fourth-order valence-electron chi connectivity index (χ4n) is 3.03. The van der Waals surface area contributed by atoms with Gasteiger partial charge in [0.1, 0.15) is 12.1 Å². The highest BCUT2D eigenvalue weighted by Crippen LogP contribution is 2.17. The van der Waals surface area contributed by atoms with Gasteiger partial charge in [0.25, 0.3) is 11.9 Å². The number of carboxylic acid groups (broad SMARTS) is 1. The number of hydrogen-bond donors (Lipinski definition) is 7. The molecule has 0 saturated heterocycles. The SMILES string of the molecule is CC(=O)O.CNC(=O)[C@H](Cc1ccc(CN=C(C)N)cc1)NC(=O)[C@H](CC(C)C)[C@H](O)C(=O)NO. The maximum atomic E-state index is 12.8. The van der Waals surface area contributed by atoms with Crippen molar-refractivity contribution in [1.29, 1.82) is 0 Å². The lowest BCUT2D eigenvalue weighted by atomic mass is 9.90. The average molecular weight is 496 g/mol. The number of carbonyl (C=O) groups is 4. The molecular weight excluding hydrogens is 458 g/mol. The lowest BCUT2D eigenvalue weighted by Gasteiger charge is -2.25. The van der Waals surface area contributed by atoms with Crippen molar-refractivity contribution in [1.82, 2.24) is 16.1 Å². The number of aliphatic hydroxyl groups is 1. The van der Waals surface area contributed by atoms with E-state index in [1.54, 1.807) is 6.92 Å². The van der Waals surface area contributed by atoms with Crippen LogP contribution in [0.5, 0.6) is 0 Å². The number of amides is 3. The number of nitrogens with one attached hydrogen (secondary N) is 3. The molecule has 8 N–H and O–H groups in total. The summed E-state index contributed by atoms with van der Waals surface area (Å²) in [6.45, 7) is 6.90. The number of amidine groups is 1. The van der Waals surface area contributed by atoms with Gasteiger partial charge in [0.2, 0.25) is 11.8 Å². The van der Waals surface area contributed by atoms with E-state index in [1.165, 1.54) is 12.5 Å². The zero-order valence-electron chi connectivity index (χ0n) is 20.7. The Morgan fingerprint density at radius 1 is 1.00 bits per heavy atom. The van der Waals surface area contributed by atoms with Crippen LogP contribution >= 0.6 is 0 Å². The van der Waals surface area contributed by atoms with Crippen LogP contribution in [0.1, 0.15) is 45.2 Å². The van der Waals surface area contributed by atoms with E-state index in [2.05, 4.69) is 15.6 Å². The van der Waals surface area contributed by atoms with E-state index >= 15 is 0 Å². The smallest absolute Gasteiger partial charge is 0.300 e. The molecule has 0 fully saturated rings. The van der Waals surface area contributed by atoms with Crippen LogP contribution in [-0.4, -0.2) is 64.1 Å². The second-order valence-corrected chi connectivity index (χ2v) is 8.33. The maximum Gasteiger partial charge on any atom is 0.300 e. The molecule has 0 spiro atoms. The van der Waals surface area contributed by atoms with Gasteiger partial charge in [-0.3, -0.25) is 29.4 Å². The number of hydroxylamine groups is 1. The van der Waals surface area contributed by atoms with Gasteiger partial charge in [-0.25, -0.2) is 5.48 Å². The summed E-state index contributed by atoms with van der Waals surface area (Å²) in [6, 6.07) is 6.48. The maximum absolute atomic E-state index is 12.8. The number of benzene rings is 1. The number of carbonyl (C=O) groups excluding carboxylic acids is 3. The van der Waals surface area contributed by atoms with Crippen molar-refractivity contribution in [2.75, 3.05) is 7.05 Å². The van der Waals surface area contributed by atoms with Crippen molar-refractivity contribution < 1.29 is 34.6 Å². The number of hydrogen-bond acceptors (Lipinski definition) is 7. The van der Waals surface area contributed by atoms with Gasteiger partial charge in [0.15, 0.2) is 0 Å². The summed E-state index contributed by atoms with van der Waals surface area (Å²) in [4.78, 5) is 50.0. The molecule has 0 aliphatic heterocycles. The van der Waals surface area contributed by atoms with Crippen LogP contribution in [0.15, 0.2) is 29.3 Å². The summed E-state index contributed by atoms with van der Waals surface area (Å²) in [5, 5.41) is 31.5. The summed E-state index contributed by atoms with van der Waals surface area (Å²) in [6.07, 6.45) is -1.35. The standard InChI is InChI=1S/C21H33N5O5.C2H4O2/c1-12(2)9-16(18(27)21(30)26-31)19(28)25-17(20(29)23-4)10-14-5-7-15(8-6-14)11-24-13(3)22;1-2(3)4/h5-8,12,16-18,27,31H,9-11H2,1-4H3,(H2,22,24)(H,23,29)(H,25,28)(H,26,30);1H3,(H,3,4)/t16-,17+,18+;/m1./s1. The van der Waals surface area contributed by atoms with E-state index < -0.39 is 41.8 Å². The molecule has 35 heavy (non-hydrogen) atoms. The Hall–Kier alpha value is -3.51. The normalized spacial score (nSPS) is 13.5. The van der Waals surface area contributed by atoms with Gasteiger partial charge in [0.05, 0.1) is 18.3 Å².